The maximum atomic E-state index is 12.8. The maximum absolute atomic E-state index is 12.8. The third kappa shape index (κ3) is 5.77. The Morgan fingerprint density at radius 3 is 2.92 bits per heavy atom. The fraction of sp³-hybridized carbons (Fsp3) is 0.360. The quantitative estimate of drug-likeness (QED) is 0.265. The Bertz CT molecular complexity index is 1290. The molecule has 1 aliphatic carbocycles. The van der Waals surface area contributed by atoms with Crippen LogP contribution in [0.1, 0.15) is 53.0 Å². The van der Waals surface area contributed by atoms with Crippen molar-refractivity contribution in [2.45, 2.75) is 50.9 Å². The number of allylic oxidation sites excluding steroid dienone is 1. The van der Waals surface area contributed by atoms with Crippen LogP contribution in [0.2, 0.25) is 5.02 Å². The predicted molar refractivity (Wildman–Crippen MR) is 144 cm³/mol. The zero-order valence-electron chi connectivity index (χ0n) is 20.1. The van der Waals surface area contributed by atoms with Crippen LogP contribution in [0.3, 0.4) is 0 Å². The van der Waals surface area contributed by atoms with Crippen molar-refractivity contribution in [3.63, 3.8) is 0 Å². The van der Waals surface area contributed by atoms with E-state index in [1.54, 1.807) is 18.2 Å². The number of aromatic nitrogens is 3. The van der Waals surface area contributed by atoms with Gasteiger partial charge in [0.1, 0.15) is 10.8 Å². The number of amides is 2. The minimum Gasteiger partial charge on any atom is -0.481 e. The molecule has 2 atom stereocenters. The van der Waals surface area contributed by atoms with Crippen LogP contribution in [-0.2, 0) is 24.2 Å². The molecule has 0 saturated heterocycles. The highest BCUT2D eigenvalue weighted by molar-refractivity contribution is 7.99. The van der Waals surface area contributed by atoms with Crippen LogP contribution in [0.5, 0.6) is 5.75 Å². The summed E-state index contributed by atoms with van der Waals surface area (Å²) < 4.78 is 7.85. The van der Waals surface area contributed by atoms with Crippen LogP contribution in [-0.4, -0.2) is 32.3 Å². The molecule has 2 heterocycles. The average Bonchev–Trinajstić information content (AvgIpc) is 3.39. The van der Waals surface area contributed by atoms with Crippen LogP contribution < -0.4 is 15.8 Å². The topological polar surface area (TPSA) is 112 Å². The van der Waals surface area contributed by atoms with Gasteiger partial charge in [-0.25, -0.2) is 0 Å². The van der Waals surface area contributed by atoms with Crippen molar-refractivity contribution in [2.75, 3.05) is 11.1 Å². The van der Waals surface area contributed by atoms with Gasteiger partial charge >= 0.3 is 0 Å². The number of anilines is 1. The zero-order valence-corrected chi connectivity index (χ0v) is 22.5. The number of thiophene rings is 1. The summed E-state index contributed by atoms with van der Waals surface area (Å²) in [6.45, 7) is 8.32. The number of carbonyl (C=O) groups excluding carboxylic acids is 2. The fourth-order valence-electron chi connectivity index (χ4n) is 4.18. The summed E-state index contributed by atoms with van der Waals surface area (Å²) in [5.41, 5.74) is 7.10. The van der Waals surface area contributed by atoms with Gasteiger partial charge in [0, 0.05) is 11.4 Å². The van der Waals surface area contributed by atoms with Gasteiger partial charge in [-0.2, -0.15) is 0 Å². The second-order valence-electron chi connectivity index (χ2n) is 8.69. The number of benzene rings is 1. The first kappa shape index (κ1) is 26.2. The lowest BCUT2D eigenvalue weighted by molar-refractivity contribution is -0.113. The Labute approximate surface area is 223 Å². The van der Waals surface area contributed by atoms with Gasteiger partial charge in [0.2, 0.25) is 5.91 Å². The number of nitrogens with two attached hydrogens (primary N) is 1. The van der Waals surface area contributed by atoms with E-state index in [2.05, 4.69) is 29.0 Å². The summed E-state index contributed by atoms with van der Waals surface area (Å²) in [7, 11) is 0. The summed E-state index contributed by atoms with van der Waals surface area (Å²) in [5.74, 6) is 1.02. The van der Waals surface area contributed by atoms with Crippen molar-refractivity contribution < 1.29 is 14.3 Å². The molecule has 2 amide bonds. The van der Waals surface area contributed by atoms with E-state index in [9.17, 15) is 9.59 Å². The van der Waals surface area contributed by atoms with Gasteiger partial charge in [-0.3, -0.25) is 14.2 Å². The molecule has 2 unspecified atom stereocenters. The number of para-hydroxylation sites is 1. The number of ether oxygens (including phenoxy) is 1. The van der Waals surface area contributed by atoms with Crippen molar-refractivity contribution in [3.8, 4) is 5.75 Å². The van der Waals surface area contributed by atoms with Gasteiger partial charge in [-0.05, 0) is 49.8 Å². The molecule has 8 nitrogen and oxygen atoms in total. The standard InChI is InChI=1S/C25H28ClN5O3S2/c1-4-11-31-23(15(3)34-18-8-6-5-7-17(18)26)29-30-25(31)35-13-20(32)28-24-21(22(27)33)16-10-9-14(2)12-19(16)36-24/h4-8,14-15H,1,9-13H2,2-3H3,(H2,27,33)(H,28,32). The highest BCUT2D eigenvalue weighted by Crippen LogP contribution is 2.39. The maximum Gasteiger partial charge on any atom is 0.251 e. The van der Waals surface area contributed by atoms with E-state index in [4.69, 9.17) is 22.1 Å². The second kappa shape index (κ2) is 11.5. The van der Waals surface area contributed by atoms with Crippen molar-refractivity contribution in [3.05, 3.63) is 63.8 Å². The highest BCUT2D eigenvalue weighted by atomic mass is 35.5. The Morgan fingerprint density at radius 1 is 1.42 bits per heavy atom. The molecule has 3 aromatic rings. The van der Waals surface area contributed by atoms with Crippen LogP contribution >= 0.6 is 34.7 Å². The number of nitrogens with zero attached hydrogens (tertiary/aromatic N) is 3. The molecule has 190 valence electrons. The molecule has 11 heteroatoms. The molecular formula is C25H28ClN5O3S2. The molecule has 0 radical (unpaired) electrons. The van der Waals surface area contributed by atoms with Gasteiger partial charge < -0.3 is 15.8 Å². The van der Waals surface area contributed by atoms with Gasteiger partial charge in [0.15, 0.2) is 17.1 Å². The van der Waals surface area contributed by atoms with E-state index >= 15 is 0 Å². The average molecular weight is 546 g/mol. The number of halogens is 1. The number of fused-ring (bicyclic) bond motifs is 1. The first-order chi connectivity index (χ1) is 17.3. The molecule has 3 N–H and O–H groups in total. The molecule has 1 aliphatic rings. The number of nitrogens with one attached hydrogen (secondary N) is 1. The number of hydrogen-bond donors (Lipinski definition) is 2. The number of carbonyl (C=O) groups is 2. The van der Waals surface area contributed by atoms with Gasteiger partial charge in [0.25, 0.3) is 5.91 Å². The largest absolute Gasteiger partial charge is 0.481 e. The van der Waals surface area contributed by atoms with Gasteiger partial charge in [-0.15, -0.1) is 28.1 Å². The fourth-order valence-corrected chi connectivity index (χ4v) is 6.55. The third-order valence-corrected chi connectivity index (χ3v) is 8.35. The molecule has 1 aromatic carbocycles. The Hall–Kier alpha value is -2.82. The van der Waals surface area contributed by atoms with Crippen LogP contribution in [0, 0.1) is 5.92 Å². The van der Waals surface area contributed by atoms with Crippen LogP contribution in [0.4, 0.5) is 5.00 Å². The first-order valence-electron chi connectivity index (χ1n) is 11.6. The molecule has 4 rings (SSSR count). The van der Waals surface area contributed by atoms with E-state index in [1.165, 1.54) is 23.1 Å². The molecule has 0 bridgehead atoms. The van der Waals surface area contributed by atoms with Gasteiger partial charge in [0.05, 0.1) is 16.3 Å². The molecule has 0 saturated carbocycles. The minimum absolute atomic E-state index is 0.0895. The lowest BCUT2D eigenvalue weighted by Crippen LogP contribution is -2.20. The highest BCUT2D eigenvalue weighted by Gasteiger charge is 2.27. The van der Waals surface area contributed by atoms with Gasteiger partial charge in [-0.1, -0.05) is 48.5 Å². The normalized spacial score (nSPS) is 15.7. The smallest absolute Gasteiger partial charge is 0.251 e. The summed E-state index contributed by atoms with van der Waals surface area (Å²) in [6, 6.07) is 7.22. The molecule has 36 heavy (non-hydrogen) atoms. The molecule has 0 aliphatic heterocycles. The van der Waals surface area contributed by atoms with E-state index in [1.807, 2.05) is 23.6 Å². The number of rotatable bonds is 10. The molecular weight excluding hydrogens is 518 g/mol. The van der Waals surface area contributed by atoms with Crippen molar-refractivity contribution >= 4 is 51.5 Å². The molecule has 0 spiro atoms. The van der Waals surface area contributed by atoms with E-state index < -0.39 is 12.0 Å². The van der Waals surface area contributed by atoms with Crippen molar-refractivity contribution in [1.29, 1.82) is 0 Å². The lowest BCUT2D eigenvalue weighted by Gasteiger charge is -2.18. The summed E-state index contributed by atoms with van der Waals surface area (Å²) in [5, 5.41) is 13.1. The van der Waals surface area contributed by atoms with E-state index in [0.717, 1.165) is 29.7 Å². The zero-order chi connectivity index (χ0) is 25.8. The monoisotopic (exact) mass is 545 g/mol. The Kier molecular flexibility index (Phi) is 8.38. The van der Waals surface area contributed by atoms with E-state index in [-0.39, 0.29) is 11.7 Å². The summed E-state index contributed by atoms with van der Waals surface area (Å²) >= 11 is 8.92. The number of hydrogen-bond acceptors (Lipinski definition) is 7. The number of primary amides is 1. The minimum atomic E-state index is -0.507. The Balaban J connectivity index is 1.46. The third-order valence-electron chi connectivity index (χ3n) is 5.90. The molecule has 2 aromatic heterocycles. The predicted octanol–water partition coefficient (Wildman–Crippen LogP) is 5.27. The lowest BCUT2D eigenvalue weighted by atomic mass is 9.88. The van der Waals surface area contributed by atoms with Crippen molar-refractivity contribution in [2.24, 2.45) is 11.7 Å². The van der Waals surface area contributed by atoms with Crippen LogP contribution in [0.15, 0.2) is 42.1 Å². The van der Waals surface area contributed by atoms with Crippen LogP contribution in [0.25, 0.3) is 0 Å². The Morgan fingerprint density at radius 2 is 2.19 bits per heavy atom. The first-order valence-corrected chi connectivity index (χ1v) is 13.8. The SMILES string of the molecule is C=CCn1c(SCC(=O)Nc2sc3c(c2C(N)=O)CCC(C)C3)nnc1C(C)Oc1ccccc1Cl. The molecule has 0 fully saturated rings. The van der Waals surface area contributed by atoms with E-state index in [0.29, 0.717) is 44.8 Å². The summed E-state index contributed by atoms with van der Waals surface area (Å²) in [6.07, 6.45) is 4.01. The van der Waals surface area contributed by atoms with Crippen molar-refractivity contribution in [1.82, 2.24) is 14.8 Å². The summed E-state index contributed by atoms with van der Waals surface area (Å²) in [4.78, 5) is 26.1. The number of thioether (sulfide) groups is 1. The second-order valence-corrected chi connectivity index (χ2v) is 11.1.